The molecule has 0 atom stereocenters. The standard InChI is InChI=1S/C66H84Si6/c1-67(2,3)43-61-55-31-19-49(20-32-55)51-23-35-57(36-24-51)63(45-69(7,8)9)65(47-71(13,14)15)59-39-27-53(28-40-59)54-29-41-60(42-30-54)66(48-72(16,17)18)64(46-70(10,11)12)58-37-25-52(26-38-58)50-21-33-56(34-22-50)62(61)44-68(4,5)6/h19-48H,1-18H3/b61-43+,62-44+,63-45+,64-46+,65-47+,66-48+. The maximum Gasteiger partial charge on any atom is 0.0695 e. The van der Waals surface area contributed by atoms with Gasteiger partial charge >= 0.3 is 0 Å². The van der Waals surface area contributed by atoms with Gasteiger partial charge in [0.15, 0.2) is 0 Å². The molecule has 0 heterocycles. The molecule has 0 unspecified atom stereocenters. The Hall–Kier alpha value is -4.94. The third kappa shape index (κ3) is 15.1. The fourth-order valence-electron chi connectivity index (χ4n) is 9.55. The SMILES string of the molecule is C[Si](C)(C)/C=c1/c(=C/[Si](C)(C)C)c2ccc(cc2)c2ccc(cc2)c(=C\[Si](C)(C)C)/c(=C/[Si](C)(C)C)c2ccc(cc2)c2ccc(cc2)c(=C\[Si](C)(C)C)/c(=C/[Si](C)(C)C)c2ccc(cc2)c2ccc1cc2. The second-order valence-electron chi connectivity index (χ2n) is 27.0. The van der Waals surface area contributed by atoms with Gasteiger partial charge in [0, 0.05) is 0 Å². The lowest BCUT2D eigenvalue weighted by molar-refractivity contribution is 1.62. The number of hydrogen-bond acceptors (Lipinski definition) is 0. The predicted molar refractivity (Wildman–Crippen MR) is 349 cm³/mol. The Morgan fingerprint density at radius 2 is 0.236 bits per heavy atom. The Balaban J connectivity index is 1.71. The Labute approximate surface area is 439 Å². The van der Waals surface area contributed by atoms with Crippen LogP contribution in [0.15, 0.2) is 146 Å². The lowest BCUT2D eigenvalue weighted by Crippen LogP contribution is -2.34. The quantitative estimate of drug-likeness (QED) is 0.146. The Bertz CT molecular complexity index is 3080. The number of benzene rings is 6. The van der Waals surface area contributed by atoms with Crippen molar-refractivity contribution in [3.05, 3.63) is 177 Å². The molecule has 0 N–H and O–H groups in total. The van der Waals surface area contributed by atoms with E-state index >= 15 is 0 Å². The van der Waals surface area contributed by atoms with Gasteiger partial charge in [0.2, 0.25) is 0 Å². The molecule has 372 valence electrons. The van der Waals surface area contributed by atoms with Crippen molar-refractivity contribution in [3.63, 3.8) is 0 Å². The first kappa shape index (κ1) is 54.8. The second kappa shape index (κ2) is 21.1. The van der Waals surface area contributed by atoms with Crippen molar-refractivity contribution < 1.29 is 0 Å². The summed E-state index contributed by atoms with van der Waals surface area (Å²) in [5.41, 5.74) is 15.8. The molecule has 0 aliphatic heterocycles. The lowest BCUT2D eigenvalue weighted by atomic mass is 10.1. The summed E-state index contributed by atoms with van der Waals surface area (Å²) in [6.45, 7) is 44.3. The van der Waals surface area contributed by atoms with Gasteiger partial charge in [-0.25, -0.2) is 0 Å². The van der Waals surface area contributed by atoms with Crippen molar-refractivity contribution in [2.24, 2.45) is 0 Å². The van der Waals surface area contributed by atoms with Crippen molar-refractivity contribution in [2.75, 3.05) is 0 Å². The molecule has 72 heavy (non-hydrogen) atoms. The maximum absolute atomic E-state index is 2.63. The molecule has 0 aliphatic carbocycles. The number of hydrogen-bond donors (Lipinski definition) is 0. The summed E-state index contributed by atoms with van der Waals surface area (Å²) in [6.07, 6.45) is 0. The first-order chi connectivity index (χ1) is 33.4. The zero-order chi connectivity index (χ0) is 52.6. The molecule has 16 rings (SSSR count). The average molecular weight is 1050 g/mol. The van der Waals surface area contributed by atoms with Gasteiger partial charge in [-0.3, -0.25) is 0 Å². The van der Waals surface area contributed by atoms with Crippen LogP contribution in [-0.2, 0) is 0 Å². The topological polar surface area (TPSA) is 0 Å². The van der Waals surface area contributed by atoms with E-state index in [1.807, 2.05) is 0 Å². The summed E-state index contributed by atoms with van der Waals surface area (Å²) in [6, 6.07) is 56.7. The van der Waals surface area contributed by atoms with Gasteiger partial charge in [-0.05, 0) is 95.9 Å². The highest BCUT2D eigenvalue weighted by molar-refractivity contribution is 6.91. The summed E-state index contributed by atoms with van der Waals surface area (Å²) in [7, 11) is -10.00. The van der Waals surface area contributed by atoms with Crippen LogP contribution in [0.5, 0.6) is 0 Å². The van der Waals surface area contributed by atoms with E-state index in [0.717, 1.165) is 0 Å². The molecule has 0 saturated carbocycles. The van der Waals surface area contributed by atoms with Crippen LogP contribution >= 0.6 is 0 Å². The predicted octanol–water partition coefficient (Wildman–Crippen LogP) is 15.9. The van der Waals surface area contributed by atoms with E-state index in [2.05, 4.69) is 298 Å². The summed E-state index contributed by atoms with van der Waals surface area (Å²) in [5.74, 6) is 0. The molecule has 0 aliphatic rings. The molecule has 0 nitrogen and oxygen atoms in total. The normalized spacial score (nSPS) is 14.8. The Morgan fingerprint density at radius 1 is 0.153 bits per heavy atom. The molecule has 0 saturated heterocycles. The monoisotopic (exact) mass is 1040 g/mol. The van der Waals surface area contributed by atoms with Crippen molar-refractivity contribution in [3.8, 4) is 0 Å². The van der Waals surface area contributed by atoms with Crippen molar-refractivity contribution in [1.82, 2.24) is 0 Å². The first-order valence-electron chi connectivity index (χ1n) is 26.4. The van der Waals surface area contributed by atoms with Gasteiger partial charge in [0.1, 0.15) is 0 Å². The molecule has 12 bridgehead atoms. The minimum atomic E-state index is -1.67. The highest BCUT2D eigenvalue weighted by Crippen LogP contribution is 2.18. The molecule has 0 amide bonds. The maximum atomic E-state index is 2.63. The van der Waals surface area contributed by atoms with E-state index in [1.54, 1.807) is 0 Å². The molecular formula is C66H84Si6. The third-order valence-electron chi connectivity index (χ3n) is 12.5. The molecule has 0 aromatic heterocycles. The van der Waals surface area contributed by atoms with Gasteiger partial charge in [-0.2, -0.15) is 0 Å². The first-order valence-corrected chi connectivity index (χ1v) is 47.9. The zero-order valence-electron chi connectivity index (χ0n) is 47.3. The minimum absolute atomic E-state index is 1.24. The average Bonchev–Trinajstić information content (AvgIpc) is 3.28. The van der Waals surface area contributed by atoms with Crippen LogP contribution in [0.3, 0.4) is 0 Å². The van der Waals surface area contributed by atoms with Crippen LogP contribution in [0.2, 0.25) is 118 Å². The van der Waals surface area contributed by atoms with E-state index in [4.69, 9.17) is 0 Å². The van der Waals surface area contributed by atoms with E-state index in [9.17, 15) is 0 Å². The van der Waals surface area contributed by atoms with Gasteiger partial charge in [-0.15, -0.1) is 0 Å². The van der Waals surface area contributed by atoms with E-state index < -0.39 is 48.4 Å². The molecule has 16 aromatic carbocycles. The van der Waals surface area contributed by atoms with Gasteiger partial charge in [0.25, 0.3) is 0 Å². The fraction of sp³-hybridized carbons (Fsp3) is 0.273. The third-order valence-corrected chi connectivity index (χ3v) is 19.4. The Kier molecular flexibility index (Phi) is 16.1. The lowest BCUT2D eigenvalue weighted by Gasteiger charge is -2.13. The summed E-state index contributed by atoms with van der Waals surface area (Å²) in [5, 5.41) is 23.4. The van der Waals surface area contributed by atoms with Crippen LogP contribution < -0.4 is 31.3 Å². The van der Waals surface area contributed by atoms with Crippen LogP contribution in [0.1, 0.15) is 0 Å². The summed E-state index contributed by atoms with van der Waals surface area (Å²) < 4.78 is 0. The van der Waals surface area contributed by atoms with Crippen LogP contribution in [0.25, 0.3) is 98.8 Å². The molecule has 16 aromatic rings. The van der Waals surface area contributed by atoms with E-state index in [-0.39, 0.29) is 0 Å². The largest absolute Gasteiger partial charge is 0.0867 e. The van der Waals surface area contributed by atoms with Crippen molar-refractivity contribution in [2.45, 2.75) is 118 Å². The summed E-state index contributed by atoms with van der Waals surface area (Å²) in [4.78, 5) is 0. The molecule has 0 radical (unpaired) electrons. The van der Waals surface area contributed by atoms with Gasteiger partial charge < -0.3 is 0 Å². The van der Waals surface area contributed by atoms with E-state index in [1.165, 1.54) is 95.9 Å². The highest BCUT2D eigenvalue weighted by Gasteiger charge is 2.15. The van der Waals surface area contributed by atoms with Gasteiger partial charge in [0.05, 0.1) is 48.4 Å². The van der Waals surface area contributed by atoms with Crippen LogP contribution in [0.4, 0.5) is 0 Å². The fourth-order valence-corrected chi connectivity index (χ4v) is 16.7. The van der Waals surface area contributed by atoms with E-state index in [0.29, 0.717) is 0 Å². The van der Waals surface area contributed by atoms with Gasteiger partial charge in [-0.1, -0.05) is 298 Å². The smallest absolute Gasteiger partial charge is 0.0695 e. The van der Waals surface area contributed by atoms with Crippen molar-refractivity contribution >= 4 is 147 Å². The highest BCUT2D eigenvalue weighted by atomic mass is 28.3. The molecule has 0 fully saturated rings. The molecule has 0 spiro atoms. The second-order valence-corrected chi connectivity index (χ2v) is 57.1. The zero-order valence-corrected chi connectivity index (χ0v) is 53.3. The molecular weight excluding hydrogens is 961 g/mol. The molecule has 6 heteroatoms. The van der Waals surface area contributed by atoms with Crippen molar-refractivity contribution in [1.29, 1.82) is 0 Å². The minimum Gasteiger partial charge on any atom is -0.0867 e. The number of rotatable bonds is 6. The summed E-state index contributed by atoms with van der Waals surface area (Å²) >= 11 is 0. The van der Waals surface area contributed by atoms with Crippen LogP contribution in [-0.4, -0.2) is 48.4 Å². The van der Waals surface area contributed by atoms with Crippen LogP contribution in [0, 0.1) is 0 Å². The Morgan fingerprint density at radius 3 is 0.319 bits per heavy atom.